The van der Waals surface area contributed by atoms with Gasteiger partial charge in [0.15, 0.2) is 23.0 Å². The number of imidazole rings is 1. The molecular weight excluding hydrogens is 472 g/mol. The first-order valence-electron chi connectivity index (χ1n) is 11.4. The SMILES string of the molecule is CN(CCCO)C(=O)c1c(NC=O)nc(-c2nccnc2OCC2CC2)n1Cc1ccc(Cl)cc1. The molecule has 0 saturated heterocycles. The molecule has 4 rings (SSSR count). The maximum Gasteiger partial charge on any atom is 0.274 e. The molecule has 3 aromatic rings. The largest absolute Gasteiger partial charge is 0.476 e. The van der Waals surface area contributed by atoms with E-state index in [0.29, 0.717) is 54.3 Å². The molecule has 0 atom stereocenters. The summed E-state index contributed by atoms with van der Waals surface area (Å²) in [6.45, 7) is 1.07. The van der Waals surface area contributed by atoms with Crippen LogP contribution in [0.15, 0.2) is 36.7 Å². The molecule has 35 heavy (non-hydrogen) atoms. The van der Waals surface area contributed by atoms with Gasteiger partial charge in [0, 0.05) is 44.2 Å². The molecule has 0 aliphatic heterocycles. The van der Waals surface area contributed by atoms with Crippen molar-refractivity contribution in [1.29, 1.82) is 0 Å². The number of carbonyl (C=O) groups is 2. The zero-order valence-electron chi connectivity index (χ0n) is 19.4. The van der Waals surface area contributed by atoms with Crippen LogP contribution in [0.1, 0.15) is 35.3 Å². The monoisotopic (exact) mass is 498 g/mol. The fourth-order valence-corrected chi connectivity index (χ4v) is 3.72. The molecule has 1 aromatic carbocycles. The van der Waals surface area contributed by atoms with Gasteiger partial charge in [-0.15, -0.1) is 0 Å². The molecule has 0 bridgehead atoms. The lowest BCUT2D eigenvalue weighted by Gasteiger charge is -2.19. The second-order valence-electron chi connectivity index (χ2n) is 8.38. The number of benzene rings is 1. The number of anilines is 1. The van der Waals surface area contributed by atoms with Gasteiger partial charge in [-0.05, 0) is 42.9 Å². The number of carbonyl (C=O) groups excluding carboxylic acids is 2. The van der Waals surface area contributed by atoms with Crippen LogP contribution in [0.4, 0.5) is 5.82 Å². The molecule has 2 N–H and O–H groups in total. The van der Waals surface area contributed by atoms with Crippen molar-refractivity contribution in [2.45, 2.75) is 25.8 Å². The number of hydrogen-bond donors (Lipinski definition) is 2. The summed E-state index contributed by atoms with van der Waals surface area (Å²) in [5.41, 5.74) is 1.41. The van der Waals surface area contributed by atoms with Crippen LogP contribution in [0.2, 0.25) is 5.02 Å². The summed E-state index contributed by atoms with van der Waals surface area (Å²) in [5.74, 6) is 0.890. The molecule has 10 nitrogen and oxygen atoms in total. The van der Waals surface area contributed by atoms with E-state index in [1.807, 2.05) is 12.1 Å². The summed E-state index contributed by atoms with van der Waals surface area (Å²) in [5, 5.41) is 12.3. The fraction of sp³-hybridized carbons (Fsp3) is 0.375. The van der Waals surface area contributed by atoms with Gasteiger partial charge in [0.1, 0.15) is 0 Å². The first kappa shape index (κ1) is 24.6. The van der Waals surface area contributed by atoms with Crippen LogP contribution < -0.4 is 10.1 Å². The minimum absolute atomic E-state index is 0.0480. The van der Waals surface area contributed by atoms with E-state index in [-0.39, 0.29) is 30.6 Å². The van der Waals surface area contributed by atoms with Crippen LogP contribution in [0.3, 0.4) is 0 Å². The average molecular weight is 499 g/mol. The molecule has 1 fully saturated rings. The molecule has 11 heteroatoms. The Balaban J connectivity index is 1.83. The van der Waals surface area contributed by atoms with E-state index >= 15 is 0 Å². The Labute approximate surface area is 207 Å². The number of aromatic nitrogens is 4. The number of amides is 2. The van der Waals surface area contributed by atoms with Crippen LogP contribution in [0, 0.1) is 5.92 Å². The van der Waals surface area contributed by atoms with Gasteiger partial charge in [0.2, 0.25) is 12.3 Å². The van der Waals surface area contributed by atoms with E-state index in [2.05, 4.69) is 20.3 Å². The third-order valence-corrected chi connectivity index (χ3v) is 5.90. The zero-order chi connectivity index (χ0) is 24.8. The highest BCUT2D eigenvalue weighted by Gasteiger charge is 2.29. The molecule has 1 aliphatic rings. The third-order valence-electron chi connectivity index (χ3n) is 5.65. The Bertz CT molecular complexity index is 1180. The van der Waals surface area contributed by atoms with Gasteiger partial charge in [-0.25, -0.2) is 15.0 Å². The molecule has 1 aliphatic carbocycles. The highest BCUT2D eigenvalue weighted by atomic mass is 35.5. The smallest absolute Gasteiger partial charge is 0.274 e. The minimum Gasteiger partial charge on any atom is -0.476 e. The predicted octanol–water partition coefficient (Wildman–Crippen LogP) is 2.85. The molecule has 2 heterocycles. The van der Waals surface area contributed by atoms with Gasteiger partial charge in [-0.2, -0.15) is 0 Å². The molecular formula is C24H27ClN6O4. The highest BCUT2D eigenvalue weighted by Crippen LogP contribution is 2.33. The van der Waals surface area contributed by atoms with Gasteiger partial charge >= 0.3 is 0 Å². The van der Waals surface area contributed by atoms with E-state index in [1.165, 1.54) is 17.3 Å². The zero-order valence-corrected chi connectivity index (χ0v) is 20.1. The van der Waals surface area contributed by atoms with Crippen molar-refractivity contribution in [3.05, 3.63) is 52.9 Å². The summed E-state index contributed by atoms with van der Waals surface area (Å²) in [6.07, 6.45) is 6.20. The molecule has 0 spiro atoms. The number of ether oxygens (including phenoxy) is 1. The van der Waals surface area contributed by atoms with Crippen LogP contribution in [-0.4, -0.2) is 68.6 Å². The second-order valence-corrected chi connectivity index (χ2v) is 8.81. The summed E-state index contributed by atoms with van der Waals surface area (Å²) in [4.78, 5) is 39.8. The summed E-state index contributed by atoms with van der Waals surface area (Å²) >= 11 is 6.06. The molecule has 2 aromatic heterocycles. The Morgan fingerprint density at radius 1 is 1.29 bits per heavy atom. The number of halogens is 1. The van der Waals surface area contributed by atoms with Gasteiger partial charge < -0.3 is 24.6 Å². The van der Waals surface area contributed by atoms with Crippen molar-refractivity contribution < 1.29 is 19.4 Å². The van der Waals surface area contributed by atoms with E-state index < -0.39 is 0 Å². The number of nitrogens with zero attached hydrogens (tertiary/aromatic N) is 5. The van der Waals surface area contributed by atoms with E-state index in [9.17, 15) is 14.7 Å². The topological polar surface area (TPSA) is 122 Å². The quantitative estimate of drug-likeness (QED) is 0.368. The van der Waals surface area contributed by atoms with Crippen molar-refractivity contribution in [1.82, 2.24) is 24.4 Å². The summed E-state index contributed by atoms with van der Waals surface area (Å²) in [6, 6.07) is 7.23. The third kappa shape index (κ3) is 5.95. The fourth-order valence-electron chi connectivity index (χ4n) is 3.59. The number of rotatable bonds is 12. The molecule has 0 radical (unpaired) electrons. The number of aliphatic hydroxyl groups excluding tert-OH is 1. The summed E-state index contributed by atoms with van der Waals surface area (Å²) in [7, 11) is 1.63. The van der Waals surface area contributed by atoms with Gasteiger partial charge in [0.05, 0.1) is 6.61 Å². The highest BCUT2D eigenvalue weighted by molar-refractivity contribution is 6.30. The Hall–Kier alpha value is -3.50. The van der Waals surface area contributed by atoms with Gasteiger partial charge in [0.25, 0.3) is 5.91 Å². The van der Waals surface area contributed by atoms with E-state index in [4.69, 9.17) is 16.3 Å². The van der Waals surface area contributed by atoms with Crippen molar-refractivity contribution in [2.75, 3.05) is 32.1 Å². The number of nitrogens with one attached hydrogen (secondary N) is 1. The predicted molar refractivity (Wildman–Crippen MR) is 130 cm³/mol. The van der Waals surface area contributed by atoms with Crippen molar-refractivity contribution in [2.24, 2.45) is 5.92 Å². The minimum atomic E-state index is -0.361. The van der Waals surface area contributed by atoms with Crippen LogP contribution >= 0.6 is 11.6 Å². The summed E-state index contributed by atoms with van der Waals surface area (Å²) < 4.78 is 7.64. The number of hydrogen-bond acceptors (Lipinski definition) is 7. The molecule has 184 valence electrons. The first-order chi connectivity index (χ1) is 17.0. The maximum atomic E-state index is 13.5. The molecule has 2 amide bonds. The number of aliphatic hydroxyl groups is 1. The second kappa shape index (κ2) is 11.3. The van der Waals surface area contributed by atoms with Crippen LogP contribution in [-0.2, 0) is 11.3 Å². The van der Waals surface area contributed by atoms with Crippen molar-refractivity contribution in [3.8, 4) is 17.4 Å². The average Bonchev–Trinajstić information content (AvgIpc) is 3.64. The maximum absolute atomic E-state index is 13.5. The van der Waals surface area contributed by atoms with Crippen LogP contribution in [0.25, 0.3) is 11.5 Å². The Morgan fingerprint density at radius 3 is 2.71 bits per heavy atom. The van der Waals surface area contributed by atoms with E-state index in [1.54, 1.807) is 23.7 Å². The van der Waals surface area contributed by atoms with E-state index in [0.717, 1.165) is 18.4 Å². The van der Waals surface area contributed by atoms with Crippen molar-refractivity contribution >= 4 is 29.7 Å². The Morgan fingerprint density at radius 2 is 2.03 bits per heavy atom. The van der Waals surface area contributed by atoms with Gasteiger partial charge in [-0.3, -0.25) is 9.59 Å². The lowest BCUT2D eigenvalue weighted by molar-refractivity contribution is -0.105. The lowest BCUT2D eigenvalue weighted by atomic mass is 10.2. The van der Waals surface area contributed by atoms with Gasteiger partial charge in [-0.1, -0.05) is 23.7 Å². The molecule has 0 unspecified atom stereocenters. The first-order valence-corrected chi connectivity index (χ1v) is 11.7. The standard InChI is InChI=1S/C24H27ClN6O4/c1-30(11-2-12-32)24(34)20-21(28-15-33)29-22(31(20)13-16-5-7-18(25)8-6-16)19-23(27-10-9-26-19)35-14-17-3-4-17/h5-10,15,17,32H,2-4,11-14H2,1H3,(H,28,33). The van der Waals surface area contributed by atoms with Crippen LogP contribution in [0.5, 0.6) is 5.88 Å². The van der Waals surface area contributed by atoms with Crippen molar-refractivity contribution in [3.63, 3.8) is 0 Å². The lowest BCUT2D eigenvalue weighted by Crippen LogP contribution is -2.31. The normalized spacial score (nSPS) is 12.9. The molecule has 1 saturated carbocycles. The Kier molecular flexibility index (Phi) is 7.94.